The van der Waals surface area contributed by atoms with E-state index in [1.165, 1.54) is 25.9 Å². The van der Waals surface area contributed by atoms with Crippen molar-refractivity contribution in [3.8, 4) is 0 Å². The number of rotatable bonds is 6. The molecular formula is C17H28IN5O2. The first kappa shape index (κ1) is 20.0. The minimum absolute atomic E-state index is 0. The molecule has 140 valence electrons. The van der Waals surface area contributed by atoms with E-state index in [1.54, 1.807) is 12.1 Å². The molecule has 1 saturated carbocycles. The molecule has 1 aromatic rings. The molecule has 1 aliphatic heterocycles. The van der Waals surface area contributed by atoms with Gasteiger partial charge in [0.05, 0.1) is 0 Å². The number of likely N-dealkylation sites (tertiary alicyclic amines) is 1. The molecule has 1 amide bonds. The lowest BCUT2D eigenvalue weighted by atomic mass is 10.1. The van der Waals surface area contributed by atoms with Gasteiger partial charge in [0.15, 0.2) is 11.7 Å². The number of nitrogens with one attached hydrogen (secondary N) is 2. The Labute approximate surface area is 165 Å². The largest absolute Gasteiger partial charge is 0.454 e. The van der Waals surface area contributed by atoms with E-state index in [2.05, 4.69) is 20.5 Å². The predicted octanol–water partition coefficient (Wildman–Crippen LogP) is 1.68. The number of nitrogens with zero attached hydrogens (tertiary/aromatic N) is 2. The van der Waals surface area contributed by atoms with Crippen LogP contribution in [0.2, 0.25) is 0 Å². The van der Waals surface area contributed by atoms with Crippen LogP contribution >= 0.6 is 24.0 Å². The van der Waals surface area contributed by atoms with Gasteiger partial charge < -0.3 is 25.7 Å². The van der Waals surface area contributed by atoms with Gasteiger partial charge in [-0.05, 0) is 44.7 Å². The van der Waals surface area contributed by atoms with Crippen LogP contribution in [0.3, 0.4) is 0 Å². The van der Waals surface area contributed by atoms with Gasteiger partial charge in [0.2, 0.25) is 0 Å². The van der Waals surface area contributed by atoms with Gasteiger partial charge in [0, 0.05) is 31.7 Å². The maximum absolute atomic E-state index is 11.1. The SMILES string of the molecule is CCNC(=NCc1ccc(C(N)=O)o1)NC1CCN(C2CC2)CC1.I. The predicted molar refractivity (Wildman–Crippen MR) is 108 cm³/mol. The zero-order valence-electron chi connectivity index (χ0n) is 14.7. The fourth-order valence-corrected chi connectivity index (χ4v) is 3.11. The van der Waals surface area contributed by atoms with E-state index in [1.807, 2.05) is 6.92 Å². The molecule has 2 fully saturated rings. The summed E-state index contributed by atoms with van der Waals surface area (Å²) in [5, 5.41) is 6.78. The number of nitrogens with two attached hydrogens (primary N) is 1. The number of furan rings is 1. The minimum Gasteiger partial charge on any atom is -0.454 e. The van der Waals surface area contributed by atoms with Crippen LogP contribution in [-0.2, 0) is 6.54 Å². The summed E-state index contributed by atoms with van der Waals surface area (Å²) < 4.78 is 5.37. The second-order valence-corrected chi connectivity index (χ2v) is 6.51. The van der Waals surface area contributed by atoms with E-state index >= 15 is 0 Å². The normalized spacial score (nSPS) is 19.3. The zero-order chi connectivity index (χ0) is 16.9. The van der Waals surface area contributed by atoms with E-state index in [-0.39, 0.29) is 29.7 Å². The van der Waals surface area contributed by atoms with E-state index in [9.17, 15) is 4.79 Å². The Hall–Kier alpha value is -1.29. The summed E-state index contributed by atoms with van der Waals surface area (Å²) in [5.74, 6) is 1.03. The van der Waals surface area contributed by atoms with E-state index in [0.717, 1.165) is 31.4 Å². The quantitative estimate of drug-likeness (QED) is 0.341. The molecule has 25 heavy (non-hydrogen) atoms. The topological polar surface area (TPSA) is 95.9 Å². The van der Waals surface area contributed by atoms with Gasteiger partial charge in [-0.1, -0.05) is 0 Å². The van der Waals surface area contributed by atoms with Gasteiger partial charge in [0.25, 0.3) is 5.91 Å². The number of carbonyl (C=O) groups excluding carboxylic acids is 1. The lowest BCUT2D eigenvalue weighted by Crippen LogP contribution is -2.49. The maximum atomic E-state index is 11.1. The van der Waals surface area contributed by atoms with Crippen LogP contribution in [0, 0.1) is 0 Å². The molecule has 1 saturated heterocycles. The van der Waals surface area contributed by atoms with Gasteiger partial charge in [-0.15, -0.1) is 24.0 Å². The summed E-state index contributed by atoms with van der Waals surface area (Å²) in [5.41, 5.74) is 5.19. The Morgan fingerprint density at radius 1 is 1.32 bits per heavy atom. The highest BCUT2D eigenvalue weighted by Gasteiger charge is 2.31. The van der Waals surface area contributed by atoms with Crippen molar-refractivity contribution in [2.75, 3.05) is 19.6 Å². The lowest BCUT2D eigenvalue weighted by molar-refractivity contribution is 0.0972. The van der Waals surface area contributed by atoms with Crippen LogP contribution < -0.4 is 16.4 Å². The summed E-state index contributed by atoms with van der Waals surface area (Å²) in [6, 6.07) is 4.63. The average Bonchev–Trinajstić information content (AvgIpc) is 3.31. The Kier molecular flexibility index (Phi) is 7.55. The highest BCUT2D eigenvalue weighted by Crippen LogP contribution is 2.29. The van der Waals surface area contributed by atoms with Crippen LogP contribution in [0.15, 0.2) is 21.5 Å². The van der Waals surface area contributed by atoms with Gasteiger partial charge in [0.1, 0.15) is 12.3 Å². The number of hydrogen-bond acceptors (Lipinski definition) is 4. The number of amides is 1. The first-order valence-electron chi connectivity index (χ1n) is 8.83. The number of hydrogen-bond donors (Lipinski definition) is 3. The summed E-state index contributed by atoms with van der Waals surface area (Å²) in [6.45, 7) is 5.57. The molecule has 0 radical (unpaired) electrons. The molecule has 1 aromatic heterocycles. The summed E-state index contributed by atoms with van der Waals surface area (Å²) in [6.07, 6.45) is 5.04. The molecule has 0 spiro atoms. The number of halogens is 1. The fourth-order valence-electron chi connectivity index (χ4n) is 3.11. The van der Waals surface area contributed by atoms with E-state index < -0.39 is 5.91 Å². The molecule has 4 N–H and O–H groups in total. The molecule has 2 heterocycles. The number of aliphatic imine (C=N–C) groups is 1. The highest BCUT2D eigenvalue weighted by molar-refractivity contribution is 14.0. The van der Waals surface area contributed by atoms with E-state index in [0.29, 0.717) is 18.3 Å². The molecule has 8 heteroatoms. The maximum Gasteiger partial charge on any atom is 0.284 e. The minimum atomic E-state index is -0.558. The molecule has 2 aliphatic rings. The molecule has 0 atom stereocenters. The third-order valence-corrected chi connectivity index (χ3v) is 4.58. The zero-order valence-corrected chi connectivity index (χ0v) is 17.0. The van der Waals surface area contributed by atoms with Gasteiger partial charge in [-0.2, -0.15) is 0 Å². The van der Waals surface area contributed by atoms with Gasteiger partial charge >= 0.3 is 0 Å². The van der Waals surface area contributed by atoms with Crippen molar-refractivity contribution in [3.63, 3.8) is 0 Å². The monoisotopic (exact) mass is 461 g/mol. The Morgan fingerprint density at radius 3 is 2.60 bits per heavy atom. The number of primary amides is 1. The van der Waals surface area contributed by atoms with Gasteiger partial charge in [-0.3, -0.25) is 4.79 Å². The fraction of sp³-hybridized carbons (Fsp3) is 0.647. The smallest absolute Gasteiger partial charge is 0.284 e. The Bertz CT molecular complexity index is 592. The molecule has 3 rings (SSSR count). The molecule has 0 unspecified atom stereocenters. The van der Waals surface area contributed by atoms with Crippen molar-refractivity contribution in [2.24, 2.45) is 10.7 Å². The van der Waals surface area contributed by atoms with Crippen molar-refractivity contribution < 1.29 is 9.21 Å². The molecule has 0 bridgehead atoms. The molecule has 1 aliphatic carbocycles. The second-order valence-electron chi connectivity index (χ2n) is 6.51. The van der Waals surface area contributed by atoms with Crippen LogP contribution in [0.1, 0.15) is 48.9 Å². The third kappa shape index (κ3) is 5.88. The van der Waals surface area contributed by atoms with E-state index in [4.69, 9.17) is 10.2 Å². The summed E-state index contributed by atoms with van der Waals surface area (Å²) in [4.78, 5) is 18.2. The van der Waals surface area contributed by atoms with Crippen LogP contribution in [0.25, 0.3) is 0 Å². The molecular weight excluding hydrogens is 433 g/mol. The standard InChI is InChI=1S/C17H27N5O2.HI/c1-2-19-17(20-11-14-5-6-15(24-14)16(18)23)21-12-7-9-22(10-8-12)13-3-4-13;/h5-6,12-13H,2-4,7-11H2,1H3,(H2,18,23)(H2,19,20,21);1H. The van der Waals surface area contributed by atoms with Crippen LogP contribution in [0.5, 0.6) is 0 Å². The lowest BCUT2D eigenvalue weighted by Gasteiger charge is -2.33. The third-order valence-electron chi connectivity index (χ3n) is 4.58. The van der Waals surface area contributed by atoms with Crippen molar-refractivity contribution in [3.05, 3.63) is 23.7 Å². The van der Waals surface area contributed by atoms with Crippen molar-refractivity contribution in [1.29, 1.82) is 0 Å². The molecule has 0 aromatic carbocycles. The summed E-state index contributed by atoms with van der Waals surface area (Å²) in [7, 11) is 0. The average molecular weight is 461 g/mol. The van der Waals surface area contributed by atoms with Crippen molar-refractivity contribution in [1.82, 2.24) is 15.5 Å². The first-order valence-corrected chi connectivity index (χ1v) is 8.83. The molecule has 7 nitrogen and oxygen atoms in total. The highest BCUT2D eigenvalue weighted by atomic mass is 127. The van der Waals surface area contributed by atoms with Gasteiger partial charge in [-0.25, -0.2) is 4.99 Å². The van der Waals surface area contributed by atoms with Crippen molar-refractivity contribution in [2.45, 2.75) is 51.2 Å². The van der Waals surface area contributed by atoms with Crippen LogP contribution in [-0.4, -0.2) is 48.5 Å². The number of carbonyl (C=O) groups is 1. The number of guanidine groups is 1. The summed E-state index contributed by atoms with van der Waals surface area (Å²) >= 11 is 0. The second kappa shape index (κ2) is 9.42. The Morgan fingerprint density at radius 2 is 2.04 bits per heavy atom. The van der Waals surface area contributed by atoms with Crippen molar-refractivity contribution >= 4 is 35.8 Å². The number of piperidine rings is 1. The Balaban J connectivity index is 0.00000225. The first-order chi connectivity index (χ1) is 11.7. The van der Waals surface area contributed by atoms with Crippen LogP contribution in [0.4, 0.5) is 0 Å².